The van der Waals surface area contributed by atoms with E-state index in [9.17, 15) is 19.8 Å². The van der Waals surface area contributed by atoms with Crippen LogP contribution in [0.2, 0.25) is 0 Å². The van der Waals surface area contributed by atoms with Crippen molar-refractivity contribution in [1.29, 1.82) is 0 Å². The summed E-state index contributed by atoms with van der Waals surface area (Å²) in [5.41, 5.74) is 16.0. The van der Waals surface area contributed by atoms with E-state index in [1.54, 1.807) is 0 Å². The smallest absolute Gasteiger partial charge is 0.134 e. The Labute approximate surface area is 316 Å². The molecule has 5 rings (SSSR count). The van der Waals surface area contributed by atoms with Gasteiger partial charge >= 0.3 is 0 Å². The van der Waals surface area contributed by atoms with Crippen molar-refractivity contribution >= 4 is 12.2 Å². The van der Waals surface area contributed by atoms with Gasteiger partial charge in [0.05, 0.1) is 39.5 Å². The summed E-state index contributed by atoms with van der Waals surface area (Å²) in [4.78, 5) is 21.9. The Morgan fingerprint density at radius 1 is 0.463 bits per heavy atom. The van der Waals surface area contributed by atoms with Gasteiger partial charge in [-0.1, -0.05) is 72.8 Å². The minimum Gasteiger partial charge on any atom is -0.530 e. The lowest BCUT2D eigenvalue weighted by Gasteiger charge is -2.23. The monoisotopic (exact) mass is 740 g/mol. The largest absolute Gasteiger partial charge is 0.530 e. The van der Waals surface area contributed by atoms with E-state index in [0.29, 0.717) is 65.0 Å². The molecule has 1 aliphatic rings. The Morgan fingerprint density at radius 3 is 0.926 bits per heavy atom. The number of carboxylic acid groups (broad SMARTS) is 2. The normalized spacial score (nSPS) is 12.0. The maximum absolute atomic E-state index is 11.0. The van der Waals surface area contributed by atoms with Gasteiger partial charge in [-0.3, -0.25) is 0 Å². The van der Waals surface area contributed by atoms with Gasteiger partial charge in [-0.05, 0) is 57.3 Å². The van der Waals surface area contributed by atoms with Gasteiger partial charge in [-0.25, -0.2) is 0 Å². The van der Waals surface area contributed by atoms with Crippen LogP contribution in [0.15, 0.2) is 72.8 Å². The van der Waals surface area contributed by atoms with Gasteiger partial charge in [0.2, 0.25) is 0 Å². The molecule has 0 radical (unpaired) electrons. The van der Waals surface area contributed by atoms with E-state index in [0.717, 1.165) is 93.4 Å². The summed E-state index contributed by atoms with van der Waals surface area (Å²) in [5, 5.41) is 26.6. The molecule has 12 nitrogen and oxygen atoms in total. The molecule has 8 bridgehead atoms. The lowest BCUT2D eigenvalue weighted by Crippen LogP contribution is -2.50. The number of hydrogen-bond donors (Lipinski definition) is 4. The molecule has 0 aromatic heterocycles. The molecular weight excluding hydrogens is 688 g/mol. The van der Waals surface area contributed by atoms with Gasteiger partial charge in [-0.2, -0.15) is 0 Å². The van der Waals surface area contributed by atoms with Crippen LogP contribution in [0.1, 0.15) is 70.2 Å². The zero-order valence-corrected chi connectivity index (χ0v) is 30.9. The standard InChI is InChI=1S/C42H52N4O8/c43-17-5-21-51-37-29-9-1-10-30(37)26-34-14-4-16-36(40(34)54-24-8-20-46-42(49)50)28-32-12-2-11-31(38(32)52-22-6-18-44)27-35-15-3-13-33(25-29)39(35)53-23-7-19-45-41(47)48/h1-4,9-16,45-46H,5-8,17-28,43-44H2,(H,47,48)(H,49,50). The molecule has 2 amide bonds. The van der Waals surface area contributed by atoms with Gasteiger partial charge < -0.3 is 60.9 Å². The maximum Gasteiger partial charge on any atom is 0.134 e. The van der Waals surface area contributed by atoms with Crippen molar-refractivity contribution < 1.29 is 50.2 Å². The lowest BCUT2D eigenvalue weighted by molar-refractivity contribution is -0.369. The SMILES string of the molecule is [NH3+]CCCOc1c2cccc1Cc1cccc(c1OCCCNC(=O)[O-])Cc1cccc(c1OCCC[NH3+])Cc1cccc(c1OCCCNC(=O)[O-])C2. The molecule has 4 aromatic carbocycles. The fourth-order valence-corrected chi connectivity index (χ4v) is 6.65. The highest BCUT2D eigenvalue weighted by atomic mass is 16.5. The number of carbonyl (C=O) groups excluding carboxylic acids is 2. The van der Waals surface area contributed by atoms with Gasteiger partial charge in [0.25, 0.3) is 0 Å². The molecule has 288 valence electrons. The number of para-hydroxylation sites is 4. The molecule has 0 fully saturated rings. The third-order valence-corrected chi connectivity index (χ3v) is 9.19. The third-order valence-electron chi connectivity index (χ3n) is 9.19. The first kappa shape index (κ1) is 39.7. The second-order valence-electron chi connectivity index (χ2n) is 13.3. The number of rotatable bonds is 18. The number of fused-ring (bicyclic) bond motifs is 8. The molecule has 0 unspecified atom stereocenters. The van der Waals surface area contributed by atoms with Crippen LogP contribution in [-0.4, -0.2) is 64.8 Å². The first-order valence-corrected chi connectivity index (χ1v) is 18.8. The third kappa shape index (κ3) is 11.3. The highest BCUT2D eigenvalue weighted by Gasteiger charge is 2.22. The van der Waals surface area contributed by atoms with Crippen LogP contribution < -0.4 is 51.3 Å². The first-order chi connectivity index (χ1) is 26.4. The van der Waals surface area contributed by atoms with Crippen LogP contribution in [0, 0.1) is 0 Å². The van der Waals surface area contributed by atoms with Crippen molar-refractivity contribution in [2.45, 2.75) is 51.4 Å². The second-order valence-corrected chi connectivity index (χ2v) is 13.3. The quantitative estimate of drug-likeness (QED) is 0.0976. The van der Waals surface area contributed by atoms with Crippen LogP contribution in [0.3, 0.4) is 0 Å². The van der Waals surface area contributed by atoms with Crippen molar-refractivity contribution in [3.63, 3.8) is 0 Å². The minimum absolute atomic E-state index is 0.223. The van der Waals surface area contributed by atoms with Gasteiger partial charge in [0.15, 0.2) is 0 Å². The van der Waals surface area contributed by atoms with E-state index in [1.807, 2.05) is 12.1 Å². The van der Waals surface area contributed by atoms with Crippen molar-refractivity contribution in [3.05, 3.63) is 117 Å². The van der Waals surface area contributed by atoms with E-state index in [1.165, 1.54) is 0 Å². The fourth-order valence-electron chi connectivity index (χ4n) is 6.65. The lowest BCUT2D eigenvalue weighted by atomic mass is 9.91. The first-order valence-electron chi connectivity index (χ1n) is 18.8. The second kappa shape index (κ2) is 20.7. The summed E-state index contributed by atoms with van der Waals surface area (Å²) < 4.78 is 26.2. The number of quaternary nitrogens is 2. The molecule has 8 N–H and O–H groups in total. The molecule has 1 aliphatic carbocycles. The Hall–Kier alpha value is -5.46. The Bertz CT molecular complexity index is 1630. The molecule has 54 heavy (non-hydrogen) atoms. The van der Waals surface area contributed by atoms with E-state index in [4.69, 9.17) is 18.9 Å². The van der Waals surface area contributed by atoms with Crippen LogP contribution in [-0.2, 0) is 25.7 Å². The van der Waals surface area contributed by atoms with E-state index >= 15 is 0 Å². The number of hydrogen-bond acceptors (Lipinski definition) is 8. The number of amides is 2. The van der Waals surface area contributed by atoms with Gasteiger partial charge in [0.1, 0.15) is 35.2 Å². The molecular formula is C42H52N4O8. The molecule has 4 aromatic rings. The Balaban J connectivity index is 1.64. The number of carbonyl (C=O) groups is 2. The fraction of sp³-hybridized carbons (Fsp3) is 0.381. The van der Waals surface area contributed by atoms with Crippen molar-refractivity contribution in [3.8, 4) is 23.0 Å². The van der Waals surface area contributed by atoms with E-state index < -0.39 is 12.2 Å². The molecule has 0 aliphatic heterocycles. The van der Waals surface area contributed by atoms with Crippen molar-refractivity contribution in [1.82, 2.24) is 10.6 Å². The topological polar surface area (TPSA) is 197 Å². The number of ether oxygens (including phenoxy) is 4. The summed E-state index contributed by atoms with van der Waals surface area (Å²) in [6.45, 7) is 3.60. The molecule has 12 heteroatoms. The Morgan fingerprint density at radius 2 is 0.704 bits per heavy atom. The summed E-state index contributed by atoms with van der Waals surface area (Å²) in [6, 6.07) is 24.8. The molecule has 0 atom stereocenters. The molecule has 0 spiro atoms. The average molecular weight is 741 g/mol. The van der Waals surface area contributed by atoms with Crippen LogP contribution in [0.5, 0.6) is 23.0 Å². The van der Waals surface area contributed by atoms with Crippen molar-refractivity contribution in [2.75, 3.05) is 52.6 Å². The van der Waals surface area contributed by atoms with Crippen LogP contribution in [0.4, 0.5) is 9.59 Å². The predicted octanol–water partition coefficient (Wildman–Crippen LogP) is 1.79. The predicted molar refractivity (Wildman–Crippen MR) is 200 cm³/mol. The maximum atomic E-state index is 11.0. The number of benzene rings is 4. The minimum atomic E-state index is -1.31. The molecule has 0 saturated carbocycles. The van der Waals surface area contributed by atoms with Crippen LogP contribution in [0.25, 0.3) is 0 Å². The van der Waals surface area contributed by atoms with Gasteiger partial charge in [0, 0.05) is 51.6 Å². The average Bonchev–Trinajstić information content (AvgIpc) is 3.14. The van der Waals surface area contributed by atoms with Crippen molar-refractivity contribution in [2.24, 2.45) is 0 Å². The molecule has 0 heterocycles. The van der Waals surface area contributed by atoms with E-state index in [2.05, 4.69) is 82.8 Å². The Kier molecular flexibility index (Phi) is 15.2. The zero-order chi connectivity index (χ0) is 38.1. The molecule has 0 saturated heterocycles. The number of nitrogens with one attached hydrogen (secondary N) is 2. The summed E-state index contributed by atoms with van der Waals surface area (Å²) in [7, 11) is 0. The highest BCUT2D eigenvalue weighted by Crippen LogP contribution is 2.39. The summed E-state index contributed by atoms with van der Waals surface area (Å²) in [5.74, 6) is 3.15. The van der Waals surface area contributed by atoms with E-state index in [-0.39, 0.29) is 13.1 Å². The highest BCUT2D eigenvalue weighted by molar-refractivity contribution is 5.62. The summed E-state index contributed by atoms with van der Waals surface area (Å²) in [6.07, 6.45) is 2.09. The van der Waals surface area contributed by atoms with Gasteiger partial charge in [-0.15, -0.1) is 0 Å². The zero-order valence-electron chi connectivity index (χ0n) is 30.9. The van der Waals surface area contributed by atoms with Crippen LogP contribution >= 0.6 is 0 Å². The summed E-state index contributed by atoms with van der Waals surface area (Å²) >= 11 is 0.